The lowest BCUT2D eigenvalue weighted by Gasteiger charge is -1.98. The van der Waals surface area contributed by atoms with Crippen molar-refractivity contribution in [1.82, 2.24) is 4.98 Å². The number of hydrogen-bond donors (Lipinski definition) is 1. The second-order valence-electron chi connectivity index (χ2n) is 1.83. The van der Waals surface area contributed by atoms with Crippen molar-refractivity contribution in [2.24, 2.45) is 0 Å². The van der Waals surface area contributed by atoms with E-state index in [4.69, 9.17) is 5.73 Å². The summed E-state index contributed by atoms with van der Waals surface area (Å²) in [6.45, 7) is 0. The van der Waals surface area contributed by atoms with Gasteiger partial charge in [-0.1, -0.05) is 0 Å². The number of carbonyl (C=O) groups excluding carboxylic acids is 1. The molecule has 11 heavy (non-hydrogen) atoms. The molecule has 4 nitrogen and oxygen atoms in total. The van der Waals surface area contributed by atoms with Gasteiger partial charge in [0.15, 0.2) is 16.3 Å². The molecule has 0 aliphatic rings. The van der Waals surface area contributed by atoms with E-state index in [1.807, 2.05) is 0 Å². The molecule has 0 saturated heterocycles. The first kappa shape index (κ1) is 8.00. The Bertz CT molecular complexity index is 277. The first-order valence-corrected chi connectivity index (χ1v) is 3.43. The molecule has 0 aliphatic carbocycles. The van der Waals surface area contributed by atoms with E-state index in [1.165, 1.54) is 18.5 Å². The Morgan fingerprint density at radius 1 is 1.73 bits per heavy atom. The SMILES string of the molecule is Nc1cnccc1C(=O)OBr. The molecule has 2 N–H and O–H groups in total. The number of halogens is 1. The molecule has 0 amide bonds. The molecule has 0 saturated carbocycles. The van der Waals surface area contributed by atoms with Gasteiger partial charge in [0.1, 0.15) is 0 Å². The van der Waals surface area contributed by atoms with Gasteiger partial charge in [-0.2, -0.15) is 0 Å². The summed E-state index contributed by atoms with van der Waals surface area (Å²) in [7, 11) is 0. The third-order valence-corrected chi connectivity index (χ3v) is 1.44. The number of hydrogen-bond acceptors (Lipinski definition) is 4. The number of rotatable bonds is 1. The van der Waals surface area contributed by atoms with E-state index < -0.39 is 5.97 Å². The van der Waals surface area contributed by atoms with Crippen molar-refractivity contribution in [2.45, 2.75) is 0 Å². The lowest BCUT2D eigenvalue weighted by molar-refractivity contribution is 0.0783. The number of carbonyl (C=O) groups is 1. The Kier molecular flexibility index (Phi) is 2.43. The molecule has 0 bridgehead atoms. The van der Waals surface area contributed by atoms with Crippen LogP contribution < -0.4 is 5.73 Å². The quantitative estimate of drug-likeness (QED) is 0.765. The molecule has 1 heterocycles. The highest BCUT2D eigenvalue weighted by molar-refractivity contribution is 9.06. The fourth-order valence-electron chi connectivity index (χ4n) is 0.634. The summed E-state index contributed by atoms with van der Waals surface area (Å²) < 4.78 is 4.28. The summed E-state index contributed by atoms with van der Waals surface area (Å²) in [5.74, 6) is -0.523. The van der Waals surface area contributed by atoms with Gasteiger partial charge in [0.25, 0.3) is 0 Å². The van der Waals surface area contributed by atoms with E-state index in [0.717, 1.165) is 0 Å². The van der Waals surface area contributed by atoms with Gasteiger partial charge in [-0.3, -0.25) is 4.98 Å². The van der Waals surface area contributed by atoms with E-state index in [2.05, 4.69) is 25.1 Å². The first-order valence-electron chi connectivity index (χ1n) is 2.78. The van der Waals surface area contributed by atoms with Crippen molar-refractivity contribution in [3.8, 4) is 0 Å². The zero-order valence-corrected chi connectivity index (χ0v) is 7.04. The van der Waals surface area contributed by atoms with Crippen LogP contribution in [0.3, 0.4) is 0 Å². The maximum Gasteiger partial charge on any atom is 0.351 e. The number of pyridine rings is 1. The van der Waals surface area contributed by atoms with Crippen LogP contribution in [0, 0.1) is 0 Å². The van der Waals surface area contributed by atoms with Gasteiger partial charge in [0.2, 0.25) is 0 Å². The van der Waals surface area contributed by atoms with Gasteiger partial charge < -0.3 is 9.56 Å². The van der Waals surface area contributed by atoms with Crippen molar-refractivity contribution in [1.29, 1.82) is 0 Å². The summed E-state index contributed by atoms with van der Waals surface area (Å²) >= 11 is 2.56. The molecule has 0 spiro atoms. The molecular weight excluding hydrogens is 212 g/mol. The minimum Gasteiger partial charge on any atom is -0.397 e. The minimum atomic E-state index is -0.523. The van der Waals surface area contributed by atoms with Gasteiger partial charge >= 0.3 is 5.97 Å². The van der Waals surface area contributed by atoms with Crippen LogP contribution in [0.25, 0.3) is 0 Å². The third kappa shape index (κ3) is 1.68. The van der Waals surface area contributed by atoms with Crippen molar-refractivity contribution in [3.05, 3.63) is 24.0 Å². The Labute approximate surface area is 71.8 Å². The van der Waals surface area contributed by atoms with Gasteiger partial charge in [0, 0.05) is 6.20 Å². The molecule has 1 aromatic heterocycles. The molecule has 0 unspecified atom stereocenters. The summed E-state index contributed by atoms with van der Waals surface area (Å²) in [5.41, 5.74) is 6.02. The second kappa shape index (κ2) is 3.34. The first-order chi connectivity index (χ1) is 5.25. The Morgan fingerprint density at radius 3 is 3.00 bits per heavy atom. The molecule has 0 aliphatic heterocycles. The highest BCUT2D eigenvalue weighted by Crippen LogP contribution is 2.10. The average Bonchev–Trinajstić information content (AvgIpc) is 2.04. The van der Waals surface area contributed by atoms with Crippen LogP contribution in [0.1, 0.15) is 10.4 Å². The molecule has 58 valence electrons. The molecule has 0 fully saturated rings. The van der Waals surface area contributed by atoms with Crippen molar-refractivity contribution < 1.29 is 8.62 Å². The predicted octanol–water partition coefficient (Wildman–Crippen LogP) is 1.13. The van der Waals surface area contributed by atoms with Crippen LogP contribution in [-0.2, 0) is 3.83 Å². The zero-order chi connectivity index (χ0) is 8.27. The number of nitrogens with two attached hydrogens (primary N) is 1. The molecule has 1 aromatic rings. The smallest absolute Gasteiger partial charge is 0.351 e. The number of aromatic nitrogens is 1. The van der Waals surface area contributed by atoms with E-state index in [9.17, 15) is 4.79 Å². The van der Waals surface area contributed by atoms with Crippen LogP contribution in [0.2, 0.25) is 0 Å². The van der Waals surface area contributed by atoms with E-state index in [1.54, 1.807) is 0 Å². The van der Waals surface area contributed by atoms with Crippen LogP contribution in [0.5, 0.6) is 0 Å². The maximum absolute atomic E-state index is 10.9. The van der Waals surface area contributed by atoms with Gasteiger partial charge in [0.05, 0.1) is 17.4 Å². The highest BCUT2D eigenvalue weighted by atomic mass is 79.9. The summed E-state index contributed by atoms with van der Waals surface area (Å²) in [4.78, 5) is 14.6. The number of anilines is 1. The van der Waals surface area contributed by atoms with Crippen LogP contribution in [0.4, 0.5) is 5.69 Å². The average molecular weight is 217 g/mol. The highest BCUT2D eigenvalue weighted by Gasteiger charge is 2.08. The molecule has 5 heteroatoms. The van der Waals surface area contributed by atoms with Crippen LogP contribution in [-0.4, -0.2) is 11.0 Å². The lowest BCUT2D eigenvalue weighted by atomic mass is 10.2. The van der Waals surface area contributed by atoms with Crippen molar-refractivity contribution in [2.75, 3.05) is 5.73 Å². The standard InChI is InChI=1S/C6H5BrN2O2/c7-11-6(10)4-1-2-9-3-5(4)8/h1-3H,8H2. The minimum absolute atomic E-state index is 0.303. The summed E-state index contributed by atoms with van der Waals surface area (Å²) in [6.07, 6.45) is 2.86. The normalized spacial score (nSPS) is 9.18. The van der Waals surface area contributed by atoms with Crippen LogP contribution in [0.15, 0.2) is 18.5 Å². The molecule has 1 rings (SSSR count). The van der Waals surface area contributed by atoms with E-state index >= 15 is 0 Å². The molecule has 0 radical (unpaired) electrons. The Morgan fingerprint density at radius 2 is 2.45 bits per heavy atom. The molecule has 0 atom stereocenters. The monoisotopic (exact) mass is 216 g/mol. The lowest BCUT2D eigenvalue weighted by Crippen LogP contribution is -2.02. The zero-order valence-electron chi connectivity index (χ0n) is 5.45. The predicted molar refractivity (Wildman–Crippen MR) is 43.0 cm³/mol. The van der Waals surface area contributed by atoms with Gasteiger partial charge in [-0.25, -0.2) is 4.79 Å². The van der Waals surface area contributed by atoms with Crippen LogP contribution >= 0.6 is 16.3 Å². The maximum atomic E-state index is 10.9. The second-order valence-corrected chi connectivity index (χ2v) is 2.15. The van der Waals surface area contributed by atoms with Gasteiger partial charge in [-0.15, -0.1) is 0 Å². The Hall–Kier alpha value is -1.10. The van der Waals surface area contributed by atoms with E-state index in [-0.39, 0.29) is 0 Å². The summed E-state index contributed by atoms with van der Waals surface area (Å²) in [5, 5.41) is 0. The molecule has 0 aromatic carbocycles. The Balaban J connectivity index is 3.03. The summed E-state index contributed by atoms with van der Waals surface area (Å²) in [6, 6.07) is 1.49. The van der Waals surface area contributed by atoms with Gasteiger partial charge in [-0.05, 0) is 6.07 Å². The molecular formula is C6H5BrN2O2. The third-order valence-electron chi connectivity index (χ3n) is 1.14. The fourth-order valence-corrected chi connectivity index (χ4v) is 0.809. The van der Waals surface area contributed by atoms with E-state index in [0.29, 0.717) is 11.3 Å². The topological polar surface area (TPSA) is 65.2 Å². The fraction of sp³-hybridized carbons (Fsp3) is 0. The van der Waals surface area contributed by atoms with Crippen molar-refractivity contribution in [3.63, 3.8) is 0 Å². The largest absolute Gasteiger partial charge is 0.397 e. The number of nitrogen functional groups attached to an aromatic ring is 1. The van der Waals surface area contributed by atoms with Crippen molar-refractivity contribution >= 4 is 27.9 Å². The number of nitrogens with zero attached hydrogens (tertiary/aromatic N) is 1.